The van der Waals surface area contributed by atoms with Crippen molar-refractivity contribution in [3.8, 4) is 5.69 Å². The third kappa shape index (κ3) is 2.13. The molecule has 0 aliphatic rings. The maximum absolute atomic E-state index is 6.06. The number of halogens is 4. The van der Waals surface area contributed by atoms with Crippen LogP contribution in [-0.2, 0) is 5.88 Å². The summed E-state index contributed by atoms with van der Waals surface area (Å²) in [5.41, 5.74) is 0.650. The smallest absolute Gasteiger partial charge is 0.152 e. The van der Waals surface area contributed by atoms with Crippen LogP contribution in [0, 0.1) is 0 Å². The Hall–Kier alpha value is -0.480. The molecule has 0 fully saturated rings. The minimum Gasteiger partial charge on any atom is -0.283 e. The normalized spacial score (nSPS) is 10.8. The number of hydrogen-bond acceptors (Lipinski definition) is 2. The molecule has 0 aliphatic carbocycles. The van der Waals surface area contributed by atoms with E-state index in [0.717, 1.165) is 0 Å². The van der Waals surface area contributed by atoms with Crippen molar-refractivity contribution in [2.75, 3.05) is 0 Å². The Morgan fingerprint density at radius 3 is 2.44 bits per heavy atom. The minimum atomic E-state index is 0.233. The van der Waals surface area contributed by atoms with Crippen LogP contribution in [0.5, 0.6) is 0 Å². The van der Waals surface area contributed by atoms with E-state index in [0.29, 0.717) is 26.6 Å². The van der Waals surface area contributed by atoms with Crippen LogP contribution in [0.25, 0.3) is 5.69 Å². The molecule has 1 heterocycles. The van der Waals surface area contributed by atoms with Crippen molar-refractivity contribution in [1.82, 2.24) is 14.8 Å². The number of alkyl halides is 1. The molecular weight excluding hydrogens is 292 g/mol. The summed E-state index contributed by atoms with van der Waals surface area (Å²) in [4.78, 5) is 0. The first kappa shape index (κ1) is 12.0. The number of nitrogens with zero attached hydrogens (tertiary/aromatic N) is 3. The van der Waals surface area contributed by atoms with Crippen molar-refractivity contribution in [2.24, 2.45) is 0 Å². The molecule has 0 bridgehead atoms. The molecule has 1 aromatic heterocycles. The molecule has 1 aromatic carbocycles. The predicted octanol–water partition coefficient (Wildman–Crippen LogP) is 3.97. The zero-order valence-corrected chi connectivity index (χ0v) is 10.8. The van der Waals surface area contributed by atoms with Gasteiger partial charge >= 0.3 is 0 Å². The third-order valence-corrected chi connectivity index (χ3v) is 3.25. The molecule has 16 heavy (non-hydrogen) atoms. The molecule has 0 unspecified atom stereocenters. The highest BCUT2D eigenvalue weighted by Gasteiger charge is 2.11. The van der Waals surface area contributed by atoms with Gasteiger partial charge in [-0.3, -0.25) is 4.57 Å². The molecule has 0 atom stereocenters. The summed E-state index contributed by atoms with van der Waals surface area (Å²) < 4.78 is 1.66. The van der Waals surface area contributed by atoms with Crippen LogP contribution in [0.1, 0.15) is 5.82 Å². The highest BCUT2D eigenvalue weighted by atomic mass is 35.5. The molecule has 2 rings (SSSR count). The number of rotatable bonds is 2. The zero-order valence-electron chi connectivity index (χ0n) is 7.79. The lowest BCUT2D eigenvalue weighted by atomic mass is 10.3. The Bertz CT molecular complexity index is 523. The SMILES string of the molecule is ClCc1nncn1-c1cc(Cl)c(Cl)cc1Cl. The molecule has 0 radical (unpaired) electrons. The van der Waals surface area contributed by atoms with Crippen LogP contribution in [0.2, 0.25) is 15.1 Å². The zero-order chi connectivity index (χ0) is 11.7. The minimum absolute atomic E-state index is 0.233. The van der Waals surface area contributed by atoms with E-state index in [9.17, 15) is 0 Å². The first-order chi connectivity index (χ1) is 7.63. The highest BCUT2D eigenvalue weighted by Crippen LogP contribution is 2.31. The lowest BCUT2D eigenvalue weighted by Gasteiger charge is -2.08. The number of aromatic nitrogens is 3. The molecule has 0 amide bonds. The lowest BCUT2D eigenvalue weighted by molar-refractivity contribution is 0.951. The van der Waals surface area contributed by atoms with Crippen molar-refractivity contribution >= 4 is 46.4 Å². The largest absolute Gasteiger partial charge is 0.283 e. The van der Waals surface area contributed by atoms with Gasteiger partial charge in [-0.2, -0.15) is 0 Å². The Morgan fingerprint density at radius 1 is 1.06 bits per heavy atom. The maximum Gasteiger partial charge on any atom is 0.152 e. The van der Waals surface area contributed by atoms with Crippen molar-refractivity contribution < 1.29 is 0 Å². The third-order valence-electron chi connectivity index (χ3n) is 1.99. The summed E-state index contributed by atoms with van der Waals surface area (Å²) in [6, 6.07) is 3.21. The van der Waals surface area contributed by atoms with Crippen LogP contribution in [0.3, 0.4) is 0 Å². The number of hydrogen-bond donors (Lipinski definition) is 0. The monoisotopic (exact) mass is 295 g/mol. The van der Waals surface area contributed by atoms with Gasteiger partial charge in [-0.15, -0.1) is 21.8 Å². The Balaban J connectivity index is 2.60. The van der Waals surface area contributed by atoms with Crippen molar-refractivity contribution in [3.63, 3.8) is 0 Å². The van der Waals surface area contributed by atoms with Gasteiger partial charge in [0.05, 0.1) is 26.6 Å². The van der Waals surface area contributed by atoms with Crippen LogP contribution in [0.4, 0.5) is 0 Å². The first-order valence-corrected chi connectivity index (χ1v) is 5.90. The van der Waals surface area contributed by atoms with Crippen molar-refractivity contribution in [3.05, 3.63) is 39.4 Å². The Labute approximate surface area is 112 Å². The van der Waals surface area contributed by atoms with Crippen LogP contribution >= 0.6 is 46.4 Å². The maximum atomic E-state index is 6.06. The summed E-state index contributed by atoms with van der Waals surface area (Å²) in [6.07, 6.45) is 1.52. The van der Waals surface area contributed by atoms with E-state index in [2.05, 4.69) is 10.2 Å². The molecular formula is C9H5Cl4N3. The van der Waals surface area contributed by atoms with E-state index in [1.54, 1.807) is 16.7 Å². The lowest BCUT2D eigenvalue weighted by Crippen LogP contribution is -1.99. The quantitative estimate of drug-likeness (QED) is 0.620. The highest BCUT2D eigenvalue weighted by molar-refractivity contribution is 6.43. The molecule has 0 aliphatic heterocycles. The van der Waals surface area contributed by atoms with Crippen LogP contribution in [0.15, 0.2) is 18.5 Å². The molecule has 3 nitrogen and oxygen atoms in total. The molecule has 0 saturated heterocycles. The van der Waals surface area contributed by atoms with Crippen LogP contribution in [-0.4, -0.2) is 14.8 Å². The molecule has 0 spiro atoms. The van der Waals surface area contributed by atoms with E-state index in [4.69, 9.17) is 46.4 Å². The van der Waals surface area contributed by atoms with E-state index >= 15 is 0 Å². The van der Waals surface area contributed by atoms with Crippen molar-refractivity contribution in [1.29, 1.82) is 0 Å². The van der Waals surface area contributed by atoms with Gasteiger partial charge in [-0.1, -0.05) is 34.8 Å². The van der Waals surface area contributed by atoms with Gasteiger partial charge in [0.15, 0.2) is 5.82 Å². The van der Waals surface area contributed by atoms with Gasteiger partial charge in [0.25, 0.3) is 0 Å². The van der Waals surface area contributed by atoms with Gasteiger partial charge < -0.3 is 0 Å². The summed E-state index contributed by atoms with van der Waals surface area (Å²) in [6.45, 7) is 0. The van der Waals surface area contributed by atoms with E-state index < -0.39 is 0 Å². The van der Waals surface area contributed by atoms with E-state index in [1.807, 2.05) is 0 Å². The van der Waals surface area contributed by atoms with Gasteiger partial charge in [-0.05, 0) is 12.1 Å². The van der Waals surface area contributed by atoms with Gasteiger partial charge in [0.2, 0.25) is 0 Å². The van der Waals surface area contributed by atoms with E-state index in [1.165, 1.54) is 6.33 Å². The molecule has 84 valence electrons. The standard InChI is InChI=1S/C9H5Cl4N3/c10-3-9-15-14-4-16(9)8-2-6(12)5(11)1-7(8)13/h1-2,4H,3H2. The topological polar surface area (TPSA) is 30.7 Å². The first-order valence-electron chi connectivity index (χ1n) is 4.23. The second-order valence-electron chi connectivity index (χ2n) is 2.97. The fourth-order valence-electron chi connectivity index (χ4n) is 1.25. The Kier molecular flexibility index (Phi) is 3.60. The number of benzene rings is 1. The fraction of sp³-hybridized carbons (Fsp3) is 0.111. The summed E-state index contributed by atoms with van der Waals surface area (Å²) in [5, 5.41) is 8.88. The summed E-state index contributed by atoms with van der Waals surface area (Å²) in [7, 11) is 0. The molecule has 0 N–H and O–H groups in total. The fourth-order valence-corrected chi connectivity index (χ4v) is 2.06. The Morgan fingerprint density at radius 2 is 1.75 bits per heavy atom. The molecule has 2 aromatic rings. The average molecular weight is 297 g/mol. The molecule has 0 saturated carbocycles. The average Bonchev–Trinajstić information content (AvgIpc) is 2.71. The summed E-state index contributed by atoms with van der Waals surface area (Å²) >= 11 is 23.5. The second-order valence-corrected chi connectivity index (χ2v) is 4.46. The van der Waals surface area contributed by atoms with E-state index in [-0.39, 0.29) is 5.88 Å². The molecule has 7 heteroatoms. The van der Waals surface area contributed by atoms with Gasteiger partial charge in [-0.25, -0.2) is 0 Å². The predicted molar refractivity (Wildman–Crippen MR) is 65.9 cm³/mol. The van der Waals surface area contributed by atoms with Gasteiger partial charge in [0.1, 0.15) is 6.33 Å². The summed E-state index contributed by atoms with van der Waals surface area (Å²) in [5.74, 6) is 0.818. The van der Waals surface area contributed by atoms with Crippen molar-refractivity contribution in [2.45, 2.75) is 5.88 Å². The second kappa shape index (κ2) is 4.80. The van der Waals surface area contributed by atoms with Crippen LogP contribution < -0.4 is 0 Å². The van der Waals surface area contributed by atoms with Gasteiger partial charge in [0, 0.05) is 0 Å².